The summed E-state index contributed by atoms with van der Waals surface area (Å²) >= 11 is 0. The third-order valence-corrected chi connectivity index (χ3v) is 3.52. The molecule has 17 heavy (non-hydrogen) atoms. The van der Waals surface area contributed by atoms with Gasteiger partial charge in [0, 0.05) is 0 Å². The predicted molar refractivity (Wildman–Crippen MR) is 65.6 cm³/mol. The minimum atomic E-state index is -1.28. The molecule has 0 spiro atoms. The summed E-state index contributed by atoms with van der Waals surface area (Å²) < 4.78 is 0. The minimum Gasteiger partial charge on any atom is -0.480 e. The molecule has 0 aromatic heterocycles. The van der Waals surface area contributed by atoms with Gasteiger partial charge in [0.1, 0.15) is 5.54 Å². The highest BCUT2D eigenvalue weighted by atomic mass is 16.4. The molecular formula is C11H22BNO4. The van der Waals surface area contributed by atoms with Gasteiger partial charge in [-0.15, -0.1) is 0 Å². The van der Waals surface area contributed by atoms with E-state index < -0.39 is 18.6 Å². The maximum absolute atomic E-state index is 11.4. The minimum absolute atomic E-state index is 0.311. The van der Waals surface area contributed by atoms with Gasteiger partial charge < -0.3 is 20.5 Å². The quantitative estimate of drug-likeness (QED) is 0.402. The van der Waals surface area contributed by atoms with E-state index in [0.29, 0.717) is 37.9 Å². The third kappa shape index (κ3) is 4.29. The molecule has 0 unspecified atom stereocenters. The molecule has 1 fully saturated rings. The summed E-state index contributed by atoms with van der Waals surface area (Å²) in [4.78, 5) is 11.4. The van der Waals surface area contributed by atoms with Gasteiger partial charge in [-0.3, -0.25) is 4.79 Å². The number of hydrogen-bond donors (Lipinski definition) is 4. The first kappa shape index (κ1) is 14.5. The topological polar surface area (TPSA) is 89.8 Å². The molecule has 98 valence electrons. The van der Waals surface area contributed by atoms with Crippen molar-refractivity contribution in [3.05, 3.63) is 0 Å². The van der Waals surface area contributed by atoms with Crippen LogP contribution in [0.25, 0.3) is 0 Å². The Morgan fingerprint density at radius 3 is 2.71 bits per heavy atom. The van der Waals surface area contributed by atoms with Crippen LogP contribution < -0.4 is 5.32 Å². The lowest BCUT2D eigenvalue weighted by Gasteiger charge is -2.37. The normalized spacial score (nSPS) is 29.0. The van der Waals surface area contributed by atoms with E-state index in [9.17, 15) is 9.90 Å². The van der Waals surface area contributed by atoms with Crippen molar-refractivity contribution < 1.29 is 19.9 Å². The van der Waals surface area contributed by atoms with Gasteiger partial charge in [0.05, 0.1) is 0 Å². The lowest BCUT2D eigenvalue weighted by Crippen LogP contribution is -2.56. The second-order valence-electron chi connectivity index (χ2n) is 5.14. The van der Waals surface area contributed by atoms with E-state index in [1.807, 2.05) is 0 Å². The second-order valence-corrected chi connectivity index (χ2v) is 5.14. The van der Waals surface area contributed by atoms with Crippen molar-refractivity contribution in [2.75, 3.05) is 6.54 Å². The van der Waals surface area contributed by atoms with Crippen LogP contribution >= 0.6 is 0 Å². The van der Waals surface area contributed by atoms with Crippen LogP contribution in [-0.2, 0) is 4.79 Å². The van der Waals surface area contributed by atoms with Crippen molar-refractivity contribution in [2.45, 2.75) is 50.9 Å². The van der Waals surface area contributed by atoms with Crippen LogP contribution in [0.3, 0.4) is 0 Å². The van der Waals surface area contributed by atoms with Gasteiger partial charge in [0.25, 0.3) is 0 Å². The highest BCUT2D eigenvalue weighted by Gasteiger charge is 2.40. The number of piperidine rings is 1. The molecule has 0 bridgehead atoms. The van der Waals surface area contributed by atoms with E-state index in [1.54, 1.807) is 0 Å². The maximum atomic E-state index is 11.4. The molecule has 0 saturated carbocycles. The Hall–Kier alpha value is -0.585. The summed E-state index contributed by atoms with van der Waals surface area (Å²) in [5.41, 5.74) is -0.807. The summed E-state index contributed by atoms with van der Waals surface area (Å²) in [6, 6.07) is 0. The Kier molecular flexibility index (Phi) is 5.43. The fourth-order valence-corrected chi connectivity index (χ4v) is 2.54. The standard InChI is InChI=1S/C11H22BNO4/c1-9-4-7-13-11(8-9,10(14)15)5-2-3-6-12(16)17/h9,13,16-17H,2-8H2,1H3,(H,14,15)/t9-,11-/m0/s1. The number of carbonyl (C=O) groups is 1. The Morgan fingerprint density at radius 1 is 1.47 bits per heavy atom. The summed E-state index contributed by atoms with van der Waals surface area (Å²) in [5, 5.41) is 29.9. The van der Waals surface area contributed by atoms with Crippen molar-refractivity contribution in [1.29, 1.82) is 0 Å². The zero-order valence-electron chi connectivity index (χ0n) is 10.4. The van der Waals surface area contributed by atoms with Crippen molar-refractivity contribution in [1.82, 2.24) is 5.32 Å². The first-order chi connectivity index (χ1) is 7.96. The molecule has 0 aliphatic carbocycles. The van der Waals surface area contributed by atoms with Gasteiger partial charge in [-0.05, 0) is 38.0 Å². The summed E-state index contributed by atoms with van der Waals surface area (Å²) in [5.74, 6) is -0.357. The van der Waals surface area contributed by atoms with Crippen molar-refractivity contribution >= 4 is 13.1 Å². The first-order valence-corrected chi connectivity index (χ1v) is 6.31. The molecule has 6 heteroatoms. The van der Waals surface area contributed by atoms with E-state index in [-0.39, 0.29) is 0 Å². The molecule has 1 rings (SSSR count). The number of hydrogen-bond acceptors (Lipinski definition) is 4. The molecule has 1 aliphatic rings. The average molecular weight is 243 g/mol. The largest absolute Gasteiger partial charge is 0.480 e. The molecule has 1 aliphatic heterocycles. The number of unbranched alkanes of at least 4 members (excludes halogenated alkanes) is 1. The van der Waals surface area contributed by atoms with E-state index in [1.165, 1.54) is 0 Å². The van der Waals surface area contributed by atoms with E-state index in [0.717, 1.165) is 13.0 Å². The van der Waals surface area contributed by atoms with Crippen molar-refractivity contribution in [3.63, 3.8) is 0 Å². The van der Waals surface area contributed by atoms with Crippen LogP contribution in [0.2, 0.25) is 6.32 Å². The smallest absolute Gasteiger partial charge is 0.451 e. The SMILES string of the molecule is C[C@H]1CCN[C@](CCCCB(O)O)(C(=O)O)C1. The lowest BCUT2D eigenvalue weighted by molar-refractivity contribution is -0.147. The van der Waals surface area contributed by atoms with Gasteiger partial charge in [0.15, 0.2) is 0 Å². The number of carboxylic acids is 1. The number of aliphatic carboxylic acids is 1. The number of rotatable bonds is 6. The number of carboxylic acid groups (broad SMARTS) is 1. The predicted octanol–water partition coefficient (Wildman–Crippen LogP) is 0.472. The number of nitrogens with one attached hydrogen (secondary N) is 1. The van der Waals surface area contributed by atoms with E-state index in [2.05, 4.69) is 12.2 Å². The van der Waals surface area contributed by atoms with E-state index >= 15 is 0 Å². The molecule has 0 radical (unpaired) electrons. The molecule has 2 atom stereocenters. The zero-order chi connectivity index (χ0) is 12.9. The Morgan fingerprint density at radius 2 is 2.18 bits per heavy atom. The Balaban J connectivity index is 2.45. The molecule has 4 N–H and O–H groups in total. The van der Waals surface area contributed by atoms with Gasteiger partial charge in [-0.25, -0.2) is 0 Å². The Labute approximate surface area is 102 Å². The van der Waals surface area contributed by atoms with Crippen molar-refractivity contribution in [3.8, 4) is 0 Å². The van der Waals surface area contributed by atoms with Gasteiger partial charge in [0.2, 0.25) is 0 Å². The Bertz CT molecular complexity index is 262. The molecular weight excluding hydrogens is 221 g/mol. The third-order valence-electron chi connectivity index (χ3n) is 3.52. The molecule has 0 amide bonds. The first-order valence-electron chi connectivity index (χ1n) is 6.31. The van der Waals surface area contributed by atoms with Crippen molar-refractivity contribution in [2.24, 2.45) is 5.92 Å². The summed E-state index contributed by atoms with van der Waals surface area (Å²) in [6.45, 7) is 2.83. The van der Waals surface area contributed by atoms with Crippen LogP contribution in [0, 0.1) is 5.92 Å². The van der Waals surface area contributed by atoms with Crippen LogP contribution in [0.15, 0.2) is 0 Å². The molecule has 1 heterocycles. The molecule has 5 nitrogen and oxygen atoms in total. The summed E-state index contributed by atoms with van der Waals surface area (Å²) in [7, 11) is -1.28. The highest BCUT2D eigenvalue weighted by Crippen LogP contribution is 2.29. The van der Waals surface area contributed by atoms with Gasteiger partial charge in [-0.2, -0.15) is 0 Å². The summed E-state index contributed by atoms with van der Waals surface area (Å²) in [6.07, 6.45) is 3.88. The van der Waals surface area contributed by atoms with E-state index in [4.69, 9.17) is 10.0 Å². The molecule has 1 saturated heterocycles. The van der Waals surface area contributed by atoms with Crippen LogP contribution in [0.1, 0.15) is 39.0 Å². The van der Waals surface area contributed by atoms with Gasteiger partial charge >= 0.3 is 13.1 Å². The van der Waals surface area contributed by atoms with Gasteiger partial charge in [-0.1, -0.05) is 19.8 Å². The fraction of sp³-hybridized carbons (Fsp3) is 0.909. The maximum Gasteiger partial charge on any atom is 0.451 e. The monoisotopic (exact) mass is 243 g/mol. The van der Waals surface area contributed by atoms with Crippen LogP contribution in [0.5, 0.6) is 0 Å². The zero-order valence-corrected chi connectivity index (χ0v) is 10.4. The average Bonchev–Trinajstić information content (AvgIpc) is 2.24. The van der Waals surface area contributed by atoms with Crippen LogP contribution in [0.4, 0.5) is 0 Å². The second kappa shape index (κ2) is 6.38. The highest BCUT2D eigenvalue weighted by molar-refractivity contribution is 6.40. The fourth-order valence-electron chi connectivity index (χ4n) is 2.54. The van der Waals surface area contributed by atoms with Crippen LogP contribution in [-0.4, -0.2) is 40.3 Å². The lowest BCUT2D eigenvalue weighted by atomic mass is 9.77. The molecule has 0 aromatic rings. The molecule has 0 aromatic carbocycles.